The van der Waals surface area contributed by atoms with Crippen LogP contribution in [-0.2, 0) is 11.3 Å². The first kappa shape index (κ1) is 27.7. The number of para-hydroxylation sites is 1. The van der Waals surface area contributed by atoms with Crippen LogP contribution in [-0.4, -0.2) is 34.9 Å². The van der Waals surface area contributed by atoms with Crippen molar-refractivity contribution in [2.24, 2.45) is 0 Å². The molecule has 0 aliphatic heterocycles. The number of furan rings is 1. The summed E-state index contributed by atoms with van der Waals surface area (Å²) in [6.45, 7) is 0.294. The lowest BCUT2D eigenvalue weighted by atomic mass is 10.1. The van der Waals surface area contributed by atoms with E-state index in [9.17, 15) is 22.8 Å². The molecule has 0 bridgehead atoms. The first-order valence-corrected chi connectivity index (χ1v) is 13.2. The smallest absolute Gasteiger partial charge is 0.481 e. The zero-order valence-electron chi connectivity index (χ0n) is 21.2. The number of halogens is 3. The van der Waals surface area contributed by atoms with Crippen LogP contribution in [0.4, 0.5) is 24.0 Å². The molecule has 1 amide bonds. The van der Waals surface area contributed by atoms with Gasteiger partial charge in [-0.25, -0.2) is 4.98 Å². The van der Waals surface area contributed by atoms with E-state index in [1.165, 1.54) is 35.6 Å². The van der Waals surface area contributed by atoms with Crippen LogP contribution in [0.1, 0.15) is 22.3 Å². The van der Waals surface area contributed by atoms with Crippen molar-refractivity contribution in [1.29, 1.82) is 0 Å². The van der Waals surface area contributed by atoms with E-state index in [2.05, 4.69) is 10.1 Å². The maximum absolute atomic E-state index is 12.7. The Kier molecular flexibility index (Phi) is 7.92. The van der Waals surface area contributed by atoms with Gasteiger partial charge in [0.1, 0.15) is 17.0 Å². The minimum absolute atomic E-state index is 0.00928. The van der Waals surface area contributed by atoms with E-state index in [1.54, 1.807) is 24.3 Å². The maximum Gasteiger partial charge on any atom is 0.573 e. The quantitative estimate of drug-likeness (QED) is 0.183. The number of hydrogen-bond donors (Lipinski definition) is 2. The Morgan fingerprint density at radius 1 is 1.02 bits per heavy atom. The summed E-state index contributed by atoms with van der Waals surface area (Å²) in [6.07, 6.45) is -4.99. The third-order valence-corrected chi connectivity index (χ3v) is 6.83. The van der Waals surface area contributed by atoms with Crippen LogP contribution < -0.4 is 15.0 Å². The van der Waals surface area contributed by atoms with E-state index in [0.29, 0.717) is 27.8 Å². The minimum atomic E-state index is -4.81. The molecule has 2 N–H and O–H groups in total. The average molecular weight is 582 g/mol. The number of hydrogen-bond acceptors (Lipinski definition) is 7. The number of rotatable bonds is 10. The highest BCUT2D eigenvalue weighted by atomic mass is 32.1. The number of ether oxygens (including phenoxy) is 1. The number of amides is 1. The lowest BCUT2D eigenvalue weighted by Crippen LogP contribution is -2.26. The van der Waals surface area contributed by atoms with Crippen LogP contribution in [0.2, 0.25) is 0 Å². The van der Waals surface area contributed by atoms with Crippen molar-refractivity contribution in [3.05, 3.63) is 95.4 Å². The number of aliphatic carboxylic acids is 1. The minimum Gasteiger partial charge on any atom is -0.481 e. The molecule has 41 heavy (non-hydrogen) atoms. The molecule has 2 heterocycles. The summed E-state index contributed by atoms with van der Waals surface area (Å²) in [5, 5.41) is 14.6. The normalized spacial score (nSPS) is 11.4. The van der Waals surface area contributed by atoms with Gasteiger partial charge in [0.05, 0.1) is 13.0 Å². The summed E-state index contributed by atoms with van der Waals surface area (Å²) in [4.78, 5) is 29.6. The molecule has 0 aliphatic rings. The lowest BCUT2D eigenvalue weighted by Gasteiger charge is -2.23. The van der Waals surface area contributed by atoms with E-state index in [-0.39, 0.29) is 25.3 Å². The van der Waals surface area contributed by atoms with Crippen molar-refractivity contribution in [2.75, 3.05) is 11.4 Å². The molecule has 0 aliphatic carbocycles. The van der Waals surface area contributed by atoms with Crippen LogP contribution in [0.5, 0.6) is 5.75 Å². The van der Waals surface area contributed by atoms with Crippen LogP contribution in [0.15, 0.2) is 88.7 Å². The molecule has 0 fully saturated rings. The molecule has 5 rings (SSSR count). The number of benzene rings is 3. The first-order chi connectivity index (χ1) is 19.6. The fraction of sp³-hybridized carbons (Fsp3) is 0.138. The summed E-state index contributed by atoms with van der Waals surface area (Å²) in [5.74, 6) is -1.17. The molecule has 5 aromatic rings. The molecule has 0 unspecified atom stereocenters. The molecule has 210 valence electrons. The second kappa shape index (κ2) is 11.7. The predicted octanol–water partition coefficient (Wildman–Crippen LogP) is 7.00. The Labute approximate surface area is 235 Å². The van der Waals surface area contributed by atoms with E-state index in [1.807, 2.05) is 40.6 Å². The average Bonchev–Trinajstić information content (AvgIpc) is 3.59. The summed E-state index contributed by atoms with van der Waals surface area (Å²) in [5.41, 5.74) is 3.06. The molecule has 8 nitrogen and oxygen atoms in total. The van der Waals surface area contributed by atoms with Crippen LogP contribution in [0.25, 0.3) is 22.4 Å². The van der Waals surface area contributed by atoms with Gasteiger partial charge in [0.15, 0.2) is 10.9 Å². The second-order valence-corrected chi connectivity index (χ2v) is 9.72. The van der Waals surface area contributed by atoms with E-state index in [0.717, 1.165) is 16.5 Å². The number of nitrogens with one attached hydrogen (secondary N) is 1. The number of anilines is 2. The summed E-state index contributed by atoms with van der Waals surface area (Å²) < 4.78 is 48.0. The number of nitrogens with zero attached hydrogens (tertiary/aromatic N) is 2. The molecule has 2 aromatic heterocycles. The van der Waals surface area contributed by atoms with Crippen molar-refractivity contribution < 1.29 is 37.0 Å². The number of carboxylic acids is 1. The lowest BCUT2D eigenvalue weighted by molar-refractivity contribution is -0.274. The molecule has 0 saturated heterocycles. The zero-order chi connectivity index (χ0) is 29.0. The first-order valence-electron chi connectivity index (χ1n) is 12.3. The number of carbonyl (C=O) groups is 2. The highest BCUT2D eigenvalue weighted by Gasteiger charge is 2.31. The van der Waals surface area contributed by atoms with Crippen LogP contribution in [0.3, 0.4) is 0 Å². The molecule has 12 heteroatoms. The number of aromatic nitrogens is 1. The van der Waals surface area contributed by atoms with Gasteiger partial charge in [-0.1, -0.05) is 30.3 Å². The highest BCUT2D eigenvalue weighted by Crippen LogP contribution is 2.36. The predicted molar refractivity (Wildman–Crippen MR) is 147 cm³/mol. The van der Waals surface area contributed by atoms with Crippen molar-refractivity contribution in [2.45, 2.75) is 19.3 Å². The fourth-order valence-electron chi connectivity index (χ4n) is 4.04. The van der Waals surface area contributed by atoms with E-state index < -0.39 is 18.2 Å². The summed E-state index contributed by atoms with van der Waals surface area (Å²) in [7, 11) is 0. The molecule has 3 aromatic carbocycles. The standard InChI is InChI=1S/C29H22F3N3O5S/c30-29(31,32)40-22-11-9-21(10-12-22)35(16-18-5-7-19(8-6-18)27(38)33-14-13-26(36)37)28-34-23(17-41-28)25-15-20-3-1-2-4-24(20)39-25/h1-12,15,17H,13-14,16H2,(H,33,38)(H,36,37). The Bertz CT molecular complexity index is 1630. The van der Waals surface area contributed by atoms with Crippen LogP contribution in [0, 0.1) is 0 Å². The van der Waals surface area contributed by atoms with Gasteiger partial charge in [0.25, 0.3) is 5.91 Å². The molecular weight excluding hydrogens is 559 g/mol. The SMILES string of the molecule is O=C(O)CCNC(=O)c1ccc(CN(c2ccc(OC(F)(F)F)cc2)c2nc(-c3cc4ccccc4o3)cs2)cc1. The number of thiazole rings is 1. The maximum atomic E-state index is 12.7. The van der Waals surface area contributed by atoms with Crippen molar-refractivity contribution >= 4 is 45.0 Å². The van der Waals surface area contributed by atoms with Crippen molar-refractivity contribution in [3.63, 3.8) is 0 Å². The topological polar surface area (TPSA) is 105 Å². The number of fused-ring (bicyclic) bond motifs is 1. The largest absolute Gasteiger partial charge is 0.573 e. The highest BCUT2D eigenvalue weighted by molar-refractivity contribution is 7.14. The zero-order valence-corrected chi connectivity index (χ0v) is 22.0. The third kappa shape index (κ3) is 7.03. The molecule has 0 saturated carbocycles. The Hall–Kier alpha value is -4.84. The molecule has 0 spiro atoms. The van der Waals surface area contributed by atoms with E-state index >= 15 is 0 Å². The Morgan fingerprint density at radius 3 is 2.44 bits per heavy atom. The number of carbonyl (C=O) groups excluding carboxylic acids is 1. The molecule has 0 radical (unpaired) electrons. The van der Waals surface area contributed by atoms with E-state index in [4.69, 9.17) is 14.5 Å². The molecule has 0 atom stereocenters. The monoisotopic (exact) mass is 581 g/mol. The summed E-state index contributed by atoms with van der Waals surface area (Å²) in [6, 6.07) is 21.7. The van der Waals surface area contributed by atoms with Gasteiger partial charge in [-0.15, -0.1) is 24.5 Å². The van der Waals surface area contributed by atoms with Gasteiger partial charge in [0, 0.05) is 28.6 Å². The number of alkyl halides is 3. The second-order valence-electron chi connectivity index (χ2n) is 8.89. The van der Waals surface area contributed by atoms with Crippen molar-refractivity contribution in [3.8, 4) is 17.2 Å². The Balaban J connectivity index is 1.40. The van der Waals surface area contributed by atoms with Gasteiger partial charge in [-0.2, -0.15) is 0 Å². The third-order valence-electron chi connectivity index (χ3n) is 5.96. The van der Waals surface area contributed by atoms with Gasteiger partial charge < -0.3 is 24.5 Å². The van der Waals surface area contributed by atoms with Gasteiger partial charge in [0.2, 0.25) is 0 Å². The number of carboxylic acid groups (broad SMARTS) is 1. The summed E-state index contributed by atoms with van der Waals surface area (Å²) >= 11 is 1.34. The van der Waals surface area contributed by atoms with Gasteiger partial charge >= 0.3 is 12.3 Å². The van der Waals surface area contributed by atoms with Gasteiger partial charge in [-0.3, -0.25) is 9.59 Å². The molecular formula is C29H22F3N3O5S. The van der Waals surface area contributed by atoms with Gasteiger partial charge in [-0.05, 0) is 54.1 Å². The Morgan fingerprint density at radius 2 is 1.76 bits per heavy atom. The van der Waals surface area contributed by atoms with Crippen molar-refractivity contribution in [1.82, 2.24) is 10.3 Å². The fourth-order valence-corrected chi connectivity index (χ4v) is 4.87. The van der Waals surface area contributed by atoms with Crippen LogP contribution >= 0.6 is 11.3 Å².